The van der Waals surface area contributed by atoms with Gasteiger partial charge in [0, 0.05) is 43.8 Å². The van der Waals surface area contributed by atoms with Gasteiger partial charge in [-0.15, -0.1) is 0 Å². The van der Waals surface area contributed by atoms with Crippen molar-refractivity contribution in [2.45, 2.75) is 52.5 Å². The molecule has 2 aromatic carbocycles. The summed E-state index contributed by atoms with van der Waals surface area (Å²) in [5.41, 5.74) is 4.76. The lowest BCUT2D eigenvalue weighted by Gasteiger charge is -2.17. The van der Waals surface area contributed by atoms with Gasteiger partial charge in [-0.05, 0) is 36.5 Å². The van der Waals surface area contributed by atoms with Gasteiger partial charge in [-0.2, -0.15) is 0 Å². The van der Waals surface area contributed by atoms with E-state index in [9.17, 15) is 14.4 Å². The van der Waals surface area contributed by atoms with Crippen LogP contribution in [0.4, 0.5) is 0 Å². The molecule has 0 saturated heterocycles. The Balaban J connectivity index is 1.65. The van der Waals surface area contributed by atoms with Crippen molar-refractivity contribution >= 4 is 5.91 Å². The van der Waals surface area contributed by atoms with Crippen molar-refractivity contribution in [1.82, 2.24) is 24.6 Å². The highest BCUT2D eigenvalue weighted by Gasteiger charge is 2.17. The molecule has 0 aliphatic heterocycles. The number of hydrogen-bond donors (Lipinski definition) is 1. The lowest BCUT2D eigenvalue weighted by Crippen LogP contribution is -2.31. The Morgan fingerprint density at radius 2 is 1.74 bits per heavy atom. The van der Waals surface area contributed by atoms with Crippen LogP contribution in [-0.2, 0) is 24.2 Å². The van der Waals surface area contributed by atoms with Crippen LogP contribution in [0.25, 0.3) is 22.5 Å². The van der Waals surface area contributed by atoms with Crippen molar-refractivity contribution in [3.63, 3.8) is 0 Å². The fourth-order valence-electron chi connectivity index (χ4n) is 4.45. The summed E-state index contributed by atoms with van der Waals surface area (Å²) in [6, 6.07) is 15.6. The van der Waals surface area contributed by atoms with Crippen LogP contribution in [0, 0.1) is 6.92 Å². The van der Waals surface area contributed by atoms with Gasteiger partial charge in [0.1, 0.15) is 5.82 Å². The monoisotopic (exact) mass is 515 g/mol. The lowest BCUT2D eigenvalue weighted by molar-refractivity contribution is -0.128. The molecular formula is C29H33N5O4. The summed E-state index contributed by atoms with van der Waals surface area (Å²) in [6.45, 7) is 4.35. The number of rotatable bonds is 10. The molecule has 0 unspecified atom stereocenters. The molecule has 0 atom stereocenters. The predicted octanol–water partition coefficient (Wildman–Crippen LogP) is 3.97. The highest BCUT2D eigenvalue weighted by atomic mass is 16.5. The van der Waals surface area contributed by atoms with Crippen LogP contribution in [-0.4, -0.2) is 44.6 Å². The van der Waals surface area contributed by atoms with Gasteiger partial charge in [-0.1, -0.05) is 67.0 Å². The summed E-state index contributed by atoms with van der Waals surface area (Å²) in [4.78, 5) is 46.2. The van der Waals surface area contributed by atoms with Crippen LogP contribution in [0.3, 0.4) is 0 Å². The molecule has 0 fully saturated rings. The summed E-state index contributed by atoms with van der Waals surface area (Å²) in [7, 11) is 3.43. The average molecular weight is 516 g/mol. The molecule has 2 aromatic heterocycles. The quantitative estimate of drug-likeness (QED) is 0.342. The molecule has 2 heterocycles. The molecule has 4 aromatic rings. The molecule has 198 valence electrons. The number of unbranched alkanes of at least 4 members (excludes halogenated alkanes) is 1. The van der Waals surface area contributed by atoms with Crippen LogP contribution < -0.4 is 11.3 Å². The molecule has 0 aliphatic carbocycles. The number of carbonyl (C=O) groups is 1. The molecule has 38 heavy (non-hydrogen) atoms. The molecule has 0 bridgehead atoms. The Kier molecular flexibility index (Phi) is 8.35. The van der Waals surface area contributed by atoms with Crippen LogP contribution >= 0.6 is 0 Å². The summed E-state index contributed by atoms with van der Waals surface area (Å²) in [5.74, 6) is 0.511. The summed E-state index contributed by atoms with van der Waals surface area (Å²) in [6.07, 6.45) is 3.28. The van der Waals surface area contributed by atoms with Crippen molar-refractivity contribution in [2.75, 3.05) is 14.1 Å². The van der Waals surface area contributed by atoms with Crippen molar-refractivity contribution in [1.29, 1.82) is 0 Å². The summed E-state index contributed by atoms with van der Waals surface area (Å²) < 4.78 is 6.44. The smallest absolute Gasteiger partial charge is 0.349 e. The van der Waals surface area contributed by atoms with E-state index in [1.54, 1.807) is 18.7 Å². The van der Waals surface area contributed by atoms with Gasteiger partial charge >= 0.3 is 5.76 Å². The third kappa shape index (κ3) is 5.99. The van der Waals surface area contributed by atoms with E-state index < -0.39 is 5.76 Å². The number of hydrogen-bond acceptors (Lipinski definition) is 6. The van der Waals surface area contributed by atoms with Crippen molar-refractivity contribution < 1.29 is 9.32 Å². The maximum absolute atomic E-state index is 13.6. The minimum Gasteiger partial charge on any atom is -0.349 e. The highest BCUT2D eigenvalue weighted by Crippen LogP contribution is 2.30. The minimum absolute atomic E-state index is 0.0176. The average Bonchev–Trinajstić information content (AvgIpc) is 3.35. The number of carbonyl (C=O) groups excluding carboxylic acids is 1. The van der Waals surface area contributed by atoms with Crippen molar-refractivity contribution in [3.8, 4) is 22.5 Å². The lowest BCUT2D eigenvalue weighted by atomic mass is 9.98. The third-order valence-electron chi connectivity index (χ3n) is 6.62. The van der Waals surface area contributed by atoms with Gasteiger partial charge in [0.05, 0.1) is 6.54 Å². The zero-order valence-electron chi connectivity index (χ0n) is 22.3. The van der Waals surface area contributed by atoms with E-state index in [0.717, 1.165) is 40.9 Å². The summed E-state index contributed by atoms with van der Waals surface area (Å²) in [5, 5.41) is 3.83. The van der Waals surface area contributed by atoms with Gasteiger partial charge < -0.3 is 4.90 Å². The molecule has 9 nitrogen and oxygen atoms in total. The normalized spacial score (nSPS) is 11.1. The number of H-pyrrole nitrogens is 1. The molecule has 9 heteroatoms. The second-order valence-corrected chi connectivity index (χ2v) is 9.56. The van der Waals surface area contributed by atoms with Gasteiger partial charge in [0.25, 0.3) is 5.56 Å². The van der Waals surface area contributed by atoms with E-state index in [-0.39, 0.29) is 17.9 Å². The number of aromatic amines is 1. The van der Waals surface area contributed by atoms with E-state index in [2.05, 4.69) is 21.6 Å². The first-order valence-corrected chi connectivity index (χ1v) is 12.8. The standard InChI is InChI=1S/C29H33N5O4/c1-5-6-11-25-30-19(2)22(16-17-26(35)33(3)4)28(36)34(25)18-20-12-14-21(15-13-20)23-9-7-8-10-24(23)27-31-29(37)38-32-27/h7-10,12-15H,5-6,11,16-18H2,1-4H3,(H,31,32,37). The second kappa shape index (κ2) is 11.9. The maximum atomic E-state index is 13.6. The Morgan fingerprint density at radius 1 is 1.03 bits per heavy atom. The summed E-state index contributed by atoms with van der Waals surface area (Å²) >= 11 is 0. The van der Waals surface area contributed by atoms with Gasteiger partial charge in [0.2, 0.25) is 5.91 Å². The fourth-order valence-corrected chi connectivity index (χ4v) is 4.45. The largest absolute Gasteiger partial charge is 0.439 e. The Bertz CT molecular complexity index is 1530. The number of aromatic nitrogens is 4. The topological polar surface area (TPSA) is 114 Å². The SMILES string of the molecule is CCCCc1nc(C)c(CCC(=O)N(C)C)c(=O)n1Cc1ccc(-c2ccccc2-c2noc(=O)[nH]2)cc1. The number of nitrogens with one attached hydrogen (secondary N) is 1. The van der Waals surface area contributed by atoms with Crippen molar-refractivity contribution in [2.24, 2.45) is 0 Å². The van der Waals surface area contributed by atoms with E-state index in [0.29, 0.717) is 36.5 Å². The highest BCUT2D eigenvalue weighted by molar-refractivity contribution is 5.80. The third-order valence-corrected chi connectivity index (χ3v) is 6.62. The first-order valence-electron chi connectivity index (χ1n) is 12.8. The van der Waals surface area contributed by atoms with Crippen LogP contribution in [0.2, 0.25) is 0 Å². The molecule has 1 N–H and O–H groups in total. The van der Waals surface area contributed by atoms with Crippen LogP contribution in [0.5, 0.6) is 0 Å². The van der Waals surface area contributed by atoms with Gasteiger partial charge in [0.15, 0.2) is 5.82 Å². The number of nitrogens with zero attached hydrogens (tertiary/aromatic N) is 4. The molecule has 0 aliphatic rings. The molecule has 0 saturated carbocycles. The fraction of sp³-hybridized carbons (Fsp3) is 0.345. The molecular weight excluding hydrogens is 482 g/mol. The number of aryl methyl sites for hydroxylation is 2. The van der Waals surface area contributed by atoms with Gasteiger partial charge in [-0.3, -0.25) is 23.7 Å². The zero-order valence-corrected chi connectivity index (χ0v) is 22.3. The predicted molar refractivity (Wildman–Crippen MR) is 146 cm³/mol. The van der Waals surface area contributed by atoms with E-state index in [1.807, 2.05) is 55.5 Å². The first kappa shape index (κ1) is 26.8. The number of benzene rings is 2. The van der Waals surface area contributed by atoms with Crippen LogP contribution in [0.1, 0.15) is 48.8 Å². The Hall–Kier alpha value is -4.27. The Morgan fingerprint density at radius 3 is 2.37 bits per heavy atom. The first-order chi connectivity index (χ1) is 18.3. The second-order valence-electron chi connectivity index (χ2n) is 9.56. The van der Waals surface area contributed by atoms with Gasteiger partial charge in [-0.25, -0.2) is 9.78 Å². The molecule has 1 amide bonds. The maximum Gasteiger partial charge on any atom is 0.439 e. The van der Waals surface area contributed by atoms with E-state index in [4.69, 9.17) is 4.98 Å². The van der Waals surface area contributed by atoms with Crippen molar-refractivity contribution in [3.05, 3.63) is 92.1 Å². The number of amides is 1. The van der Waals surface area contributed by atoms with E-state index in [1.165, 1.54) is 4.90 Å². The van der Waals surface area contributed by atoms with E-state index >= 15 is 0 Å². The molecule has 4 rings (SSSR count). The minimum atomic E-state index is -0.605. The Labute approximate surface area is 221 Å². The zero-order chi connectivity index (χ0) is 27.2. The van der Waals surface area contributed by atoms with Crippen LogP contribution in [0.15, 0.2) is 62.6 Å². The molecule has 0 radical (unpaired) electrons. The molecule has 0 spiro atoms.